The molecule has 35 heavy (non-hydrogen) atoms. The maximum absolute atomic E-state index is 13.7. The van der Waals surface area contributed by atoms with E-state index in [1.54, 1.807) is 15.5 Å². The lowest BCUT2D eigenvalue weighted by Gasteiger charge is -2.35. The summed E-state index contributed by atoms with van der Waals surface area (Å²) in [6, 6.07) is 5.86. The molecule has 11 heteroatoms. The van der Waals surface area contributed by atoms with Crippen LogP contribution in [0.1, 0.15) is 48.9 Å². The third-order valence-electron chi connectivity index (χ3n) is 7.62. The van der Waals surface area contributed by atoms with Crippen molar-refractivity contribution in [3.8, 4) is 0 Å². The molecule has 8 nitrogen and oxygen atoms in total. The quantitative estimate of drug-likeness (QED) is 0.446. The lowest BCUT2D eigenvalue weighted by atomic mass is 9.93. The van der Waals surface area contributed by atoms with Gasteiger partial charge in [-0.05, 0) is 71.9 Å². The van der Waals surface area contributed by atoms with Gasteiger partial charge in [0, 0.05) is 42.6 Å². The molecule has 0 unspecified atom stereocenters. The van der Waals surface area contributed by atoms with Gasteiger partial charge in [0.15, 0.2) is 11.6 Å². The van der Waals surface area contributed by atoms with Crippen molar-refractivity contribution in [3.05, 3.63) is 39.9 Å². The van der Waals surface area contributed by atoms with Gasteiger partial charge in [0.25, 0.3) is 11.8 Å². The largest absolute Gasteiger partial charge is 0.371 e. The number of halogens is 3. The van der Waals surface area contributed by atoms with Crippen LogP contribution in [-0.4, -0.2) is 57.6 Å². The first kappa shape index (κ1) is 22.9. The smallest absolute Gasteiger partial charge is 0.258 e. The molecule has 1 N–H and O–H groups in total. The van der Waals surface area contributed by atoms with Crippen molar-refractivity contribution in [3.63, 3.8) is 0 Å². The zero-order valence-corrected chi connectivity index (χ0v) is 21.3. The Labute approximate surface area is 215 Å². The maximum atomic E-state index is 13.7. The summed E-state index contributed by atoms with van der Waals surface area (Å²) in [5.74, 6) is -2.14. The third kappa shape index (κ3) is 4.54. The van der Waals surface area contributed by atoms with E-state index in [1.165, 1.54) is 32.0 Å². The van der Waals surface area contributed by atoms with E-state index in [9.17, 15) is 13.6 Å². The number of nitrogens with zero attached hydrogens (tertiary/aromatic N) is 6. The van der Waals surface area contributed by atoms with Crippen LogP contribution >= 0.6 is 22.6 Å². The second-order valence-electron chi connectivity index (χ2n) is 9.96. The number of alkyl halides is 2. The highest BCUT2D eigenvalue weighted by Crippen LogP contribution is 2.54. The number of hydrogen-bond acceptors (Lipinski definition) is 6. The van der Waals surface area contributed by atoms with E-state index in [2.05, 4.69) is 54.1 Å². The van der Waals surface area contributed by atoms with Crippen molar-refractivity contribution in [2.45, 2.75) is 44.4 Å². The number of aromatic nitrogens is 4. The first-order valence-corrected chi connectivity index (χ1v) is 13.1. The molecular weight excluding hydrogens is 567 g/mol. The first-order valence-electron chi connectivity index (χ1n) is 12.0. The SMILES string of the molecule is O=C(Nc1cn2cnnc2c(N2CCC(F)(F)CC2)n1)c1ccc(I)cc1N1CCC2(CC1)CC2. The molecule has 6 rings (SSSR count). The summed E-state index contributed by atoms with van der Waals surface area (Å²) < 4.78 is 30.2. The van der Waals surface area contributed by atoms with Gasteiger partial charge in [0.1, 0.15) is 6.33 Å². The monoisotopic (exact) mass is 593 g/mol. The molecule has 1 aromatic carbocycles. The number of fused-ring (bicyclic) bond motifs is 1. The van der Waals surface area contributed by atoms with Gasteiger partial charge in [-0.15, -0.1) is 10.2 Å². The normalized spacial score (nSPS) is 20.9. The van der Waals surface area contributed by atoms with Gasteiger partial charge in [-0.3, -0.25) is 9.20 Å². The molecule has 2 aromatic heterocycles. The number of piperidine rings is 2. The Morgan fingerprint density at radius 3 is 2.43 bits per heavy atom. The van der Waals surface area contributed by atoms with Crippen molar-refractivity contribution in [1.82, 2.24) is 19.6 Å². The number of carbonyl (C=O) groups is 1. The Bertz CT molecular complexity index is 1270. The van der Waals surface area contributed by atoms with Gasteiger partial charge in [-0.2, -0.15) is 0 Å². The molecule has 1 aliphatic carbocycles. The number of rotatable bonds is 4. The molecule has 2 saturated heterocycles. The fourth-order valence-corrected chi connectivity index (χ4v) is 5.66. The van der Waals surface area contributed by atoms with Crippen LogP contribution in [0.5, 0.6) is 0 Å². The summed E-state index contributed by atoms with van der Waals surface area (Å²) in [7, 11) is 0. The summed E-state index contributed by atoms with van der Waals surface area (Å²) in [5.41, 5.74) is 2.56. The zero-order valence-electron chi connectivity index (χ0n) is 19.2. The van der Waals surface area contributed by atoms with Crippen LogP contribution in [0.25, 0.3) is 5.65 Å². The van der Waals surface area contributed by atoms with Gasteiger partial charge in [-0.1, -0.05) is 0 Å². The van der Waals surface area contributed by atoms with E-state index in [0.717, 1.165) is 22.3 Å². The van der Waals surface area contributed by atoms with Crippen LogP contribution in [0.4, 0.5) is 26.1 Å². The van der Waals surface area contributed by atoms with Crippen molar-refractivity contribution in [2.75, 3.05) is 41.3 Å². The lowest BCUT2D eigenvalue weighted by Crippen LogP contribution is -2.40. The molecule has 3 aliphatic rings. The Hall–Kier alpha value is -2.57. The maximum Gasteiger partial charge on any atom is 0.258 e. The predicted octanol–water partition coefficient (Wildman–Crippen LogP) is 4.60. The summed E-state index contributed by atoms with van der Waals surface area (Å²) in [5, 5.41) is 11.0. The molecule has 1 amide bonds. The highest BCUT2D eigenvalue weighted by molar-refractivity contribution is 14.1. The summed E-state index contributed by atoms with van der Waals surface area (Å²) in [6.07, 6.45) is 7.69. The first-order chi connectivity index (χ1) is 16.8. The van der Waals surface area contributed by atoms with E-state index in [-0.39, 0.29) is 31.8 Å². The molecule has 3 aromatic rings. The van der Waals surface area contributed by atoms with E-state index < -0.39 is 5.92 Å². The van der Waals surface area contributed by atoms with Gasteiger partial charge in [0.2, 0.25) is 5.65 Å². The highest BCUT2D eigenvalue weighted by Gasteiger charge is 2.44. The average Bonchev–Trinajstić information content (AvgIpc) is 3.41. The van der Waals surface area contributed by atoms with Crippen LogP contribution in [0.15, 0.2) is 30.7 Å². The van der Waals surface area contributed by atoms with Crippen molar-refractivity contribution in [1.29, 1.82) is 0 Å². The lowest BCUT2D eigenvalue weighted by molar-refractivity contribution is -0.0221. The van der Waals surface area contributed by atoms with E-state index in [4.69, 9.17) is 0 Å². The van der Waals surface area contributed by atoms with Gasteiger partial charge >= 0.3 is 0 Å². The van der Waals surface area contributed by atoms with E-state index in [1.807, 2.05) is 12.1 Å². The minimum atomic E-state index is -2.67. The fourth-order valence-electron chi connectivity index (χ4n) is 5.18. The van der Waals surface area contributed by atoms with Crippen LogP contribution in [0.2, 0.25) is 0 Å². The van der Waals surface area contributed by atoms with Crippen molar-refractivity contribution < 1.29 is 13.6 Å². The Balaban J connectivity index is 1.27. The Morgan fingerprint density at radius 1 is 1.00 bits per heavy atom. The van der Waals surface area contributed by atoms with Gasteiger partial charge in [-0.25, -0.2) is 13.8 Å². The predicted molar refractivity (Wildman–Crippen MR) is 137 cm³/mol. The highest BCUT2D eigenvalue weighted by atomic mass is 127. The number of amides is 1. The van der Waals surface area contributed by atoms with Crippen LogP contribution in [0.3, 0.4) is 0 Å². The molecule has 2 aliphatic heterocycles. The Morgan fingerprint density at radius 2 is 1.71 bits per heavy atom. The summed E-state index contributed by atoms with van der Waals surface area (Å²) in [6.45, 7) is 2.24. The number of carbonyl (C=O) groups excluding carboxylic acids is 1. The number of hydrogen-bond donors (Lipinski definition) is 1. The standard InChI is InChI=1S/C24H26F2IN7O/c25-24(26)7-11-33(12-8-24)20-21-31-28-15-34(21)14-19(29-20)30-22(35)17-2-1-16(27)13-18(17)32-9-5-23(3-4-23)6-10-32/h1-2,13-15H,3-12H2,(H,30,35). The minimum Gasteiger partial charge on any atom is -0.371 e. The molecule has 1 saturated carbocycles. The minimum absolute atomic E-state index is 0.164. The second kappa shape index (κ2) is 8.52. The molecular formula is C24H26F2IN7O. The number of nitrogens with one attached hydrogen (secondary N) is 1. The average molecular weight is 593 g/mol. The molecule has 3 fully saturated rings. The molecule has 0 bridgehead atoms. The van der Waals surface area contributed by atoms with E-state index >= 15 is 0 Å². The Kier molecular flexibility index (Phi) is 5.57. The van der Waals surface area contributed by atoms with Crippen LogP contribution < -0.4 is 15.1 Å². The zero-order chi connectivity index (χ0) is 24.2. The summed E-state index contributed by atoms with van der Waals surface area (Å²) >= 11 is 2.28. The van der Waals surface area contributed by atoms with Gasteiger partial charge < -0.3 is 15.1 Å². The van der Waals surface area contributed by atoms with Crippen LogP contribution in [-0.2, 0) is 0 Å². The second-order valence-corrected chi connectivity index (χ2v) is 11.2. The molecule has 1 spiro atoms. The summed E-state index contributed by atoms with van der Waals surface area (Å²) in [4.78, 5) is 22.2. The van der Waals surface area contributed by atoms with Gasteiger partial charge in [0.05, 0.1) is 17.4 Å². The van der Waals surface area contributed by atoms with Crippen molar-refractivity contribution >= 4 is 51.5 Å². The molecule has 184 valence electrons. The molecule has 0 radical (unpaired) electrons. The molecule has 4 heterocycles. The van der Waals surface area contributed by atoms with E-state index in [0.29, 0.717) is 28.3 Å². The topological polar surface area (TPSA) is 78.7 Å². The number of benzene rings is 1. The molecule has 0 atom stereocenters. The third-order valence-corrected chi connectivity index (χ3v) is 8.29. The fraction of sp³-hybridized carbons (Fsp3) is 0.500. The van der Waals surface area contributed by atoms with Crippen LogP contribution in [0, 0.1) is 8.99 Å². The number of anilines is 3. The van der Waals surface area contributed by atoms with Crippen molar-refractivity contribution in [2.24, 2.45) is 5.41 Å².